The molecule has 1 atom stereocenters. The van der Waals surface area contributed by atoms with Crippen LogP contribution in [-0.4, -0.2) is 28.7 Å². The summed E-state index contributed by atoms with van der Waals surface area (Å²) in [6, 6.07) is 35.1. The van der Waals surface area contributed by atoms with Gasteiger partial charge in [0.15, 0.2) is 0 Å². The van der Waals surface area contributed by atoms with Crippen LogP contribution in [0.3, 0.4) is 0 Å². The van der Waals surface area contributed by atoms with Gasteiger partial charge in [0.25, 0.3) is 0 Å². The lowest BCUT2D eigenvalue weighted by molar-refractivity contribution is 0.133. The lowest BCUT2D eigenvalue weighted by Crippen LogP contribution is -2.42. The molecule has 178 valence electrons. The first kappa shape index (κ1) is 23.2. The zero-order chi connectivity index (χ0) is 24.9. The molecule has 0 aromatic heterocycles. The SMILES string of the molecule is N#C[C@H](Cc1ccc(OCc2ccccc2)cc1)N(CC1c2ccccc2-c2ccccc21)C(=O)O. The van der Waals surface area contributed by atoms with Crippen LogP contribution in [0.15, 0.2) is 103 Å². The van der Waals surface area contributed by atoms with Crippen LogP contribution in [0.5, 0.6) is 5.75 Å². The fourth-order valence-electron chi connectivity index (χ4n) is 4.90. The van der Waals surface area contributed by atoms with Gasteiger partial charge >= 0.3 is 6.09 Å². The van der Waals surface area contributed by atoms with Gasteiger partial charge in [-0.25, -0.2) is 4.79 Å². The zero-order valence-electron chi connectivity index (χ0n) is 19.7. The molecule has 0 radical (unpaired) electrons. The summed E-state index contributed by atoms with van der Waals surface area (Å²) in [4.78, 5) is 13.6. The molecule has 0 saturated heterocycles. The number of hydrogen-bond donors (Lipinski definition) is 1. The molecule has 0 aliphatic heterocycles. The van der Waals surface area contributed by atoms with Crippen molar-refractivity contribution in [2.75, 3.05) is 6.54 Å². The largest absolute Gasteiger partial charge is 0.489 e. The van der Waals surface area contributed by atoms with Crippen molar-refractivity contribution >= 4 is 6.09 Å². The predicted octanol–water partition coefficient (Wildman–Crippen LogP) is 6.49. The number of amides is 1. The van der Waals surface area contributed by atoms with Crippen molar-refractivity contribution in [3.63, 3.8) is 0 Å². The minimum Gasteiger partial charge on any atom is -0.489 e. The molecule has 0 heterocycles. The van der Waals surface area contributed by atoms with E-state index < -0.39 is 12.1 Å². The van der Waals surface area contributed by atoms with Crippen molar-refractivity contribution in [3.05, 3.63) is 125 Å². The van der Waals surface area contributed by atoms with E-state index in [-0.39, 0.29) is 12.5 Å². The minimum atomic E-state index is -1.09. The van der Waals surface area contributed by atoms with E-state index in [1.807, 2.05) is 78.9 Å². The Morgan fingerprint density at radius 1 is 0.833 bits per heavy atom. The van der Waals surface area contributed by atoms with Crippen molar-refractivity contribution in [2.45, 2.75) is 25.0 Å². The molecule has 36 heavy (non-hydrogen) atoms. The Morgan fingerprint density at radius 3 is 2.00 bits per heavy atom. The fraction of sp³-hybridized carbons (Fsp3) is 0.161. The van der Waals surface area contributed by atoms with Gasteiger partial charge in [-0.1, -0.05) is 91.0 Å². The molecule has 5 rings (SSSR count). The van der Waals surface area contributed by atoms with E-state index in [0.717, 1.165) is 39.1 Å². The second-order valence-corrected chi connectivity index (χ2v) is 8.93. The molecule has 1 amide bonds. The number of benzene rings is 4. The summed E-state index contributed by atoms with van der Waals surface area (Å²) >= 11 is 0. The number of nitriles is 1. The van der Waals surface area contributed by atoms with Crippen molar-refractivity contribution in [2.24, 2.45) is 0 Å². The van der Waals surface area contributed by atoms with Crippen LogP contribution >= 0.6 is 0 Å². The molecular formula is C31H26N2O3. The van der Waals surface area contributed by atoms with Crippen molar-refractivity contribution in [3.8, 4) is 22.9 Å². The Balaban J connectivity index is 1.31. The Morgan fingerprint density at radius 2 is 1.42 bits per heavy atom. The third-order valence-electron chi connectivity index (χ3n) is 6.71. The van der Waals surface area contributed by atoms with E-state index >= 15 is 0 Å². The molecule has 1 aliphatic carbocycles. The number of fused-ring (bicyclic) bond motifs is 3. The van der Waals surface area contributed by atoms with Gasteiger partial charge in [0, 0.05) is 18.9 Å². The van der Waals surface area contributed by atoms with E-state index in [4.69, 9.17) is 4.74 Å². The van der Waals surface area contributed by atoms with Crippen LogP contribution in [0, 0.1) is 11.3 Å². The van der Waals surface area contributed by atoms with Gasteiger partial charge in [0.1, 0.15) is 18.4 Å². The molecule has 0 spiro atoms. The van der Waals surface area contributed by atoms with Gasteiger partial charge in [0.05, 0.1) is 6.07 Å². The normalized spacial score (nSPS) is 12.8. The van der Waals surface area contributed by atoms with E-state index in [1.165, 1.54) is 4.90 Å². The van der Waals surface area contributed by atoms with Crippen LogP contribution in [0.25, 0.3) is 11.1 Å². The number of carbonyl (C=O) groups is 1. The average molecular weight is 475 g/mol. The first-order valence-corrected chi connectivity index (χ1v) is 12.0. The Bertz CT molecular complexity index is 1350. The summed E-state index contributed by atoms with van der Waals surface area (Å²) in [7, 11) is 0. The molecule has 5 nitrogen and oxygen atoms in total. The van der Waals surface area contributed by atoms with Crippen molar-refractivity contribution < 1.29 is 14.6 Å². The number of hydrogen-bond acceptors (Lipinski definition) is 3. The number of ether oxygens (including phenoxy) is 1. The number of rotatable bonds is 8. The molecule has 0 unspecified atom stereocenters. The Kier molecular flexibility index (Phi) is 6.68. The highest BCUT2D eigenvalue weighted by Gasteiger charge is 2.33. The first-order valence-electron chi connectivity index (χ1n) is 12.0. The molecule has 0 fully saturated rings. The summed E-state index contributed by atoms with van der Waals surface area (Å²) in [6.07, 6.45) is -0.788. The Labute approximate surface area is 210 Å². The van der Waals surface area contributed by atoms with Crippen LogP contribution in [0.4, 0.5) is 4.79 Å². The molecule has 1 N–H and O–H groups in total. The topological polar surface area (TPSA) is 73.6 Å². The van der Waals surface area contributed by atoms with Crippen molar-refractivity contribution in [1.29, 1.82) is 5.26 Å². The van der Waals surface area contributed by atoms with E-state index in [2.05, 4.69) is 30.3 Å². The van der Waals surface area contributed by atoms with Crippen molar-refractivity contribution in [1.82, 2.24) is 4.90 Å². The van der Waals surface area contributed by atoms with E-state index in [1.54, 1.807) is 0 Å². The average Bonchev–Trinajstić information content (AvgIpc) is 3.24. The van der Waals surface area contributed by atoms with Crippen LogP contribution in [0.1, 0.15) is 28.2 Å². The zero-order valence-corrected chi connectivity index (χ0v) is 19.7. The lowest BCUT2D eigenvalue weighted by Gasteiger charge is -2.28. The maximum absolute atomic E-state index is 12.3. The van der Waals surface area contributed by atoms with Crippen LogP contribution in [0.2, 0.25) is 0 Å². The molecule has 5 heteroatoms. The van der Waals surface area contributed by atoms with Crippen LogP contribution in [-0.2, 0) is 13.0 Å². The summed E-state index contributed by atoms with van der Waals surface area (Å²) in [5.74, 6) is 0.614. The molecule has 4 aromatic rings. The molecule has 0 bridgehead atoms. The second kappa shape index (κ2) is 10.4. The smallest absolute Gasteiger partial charge is 0.408 e. The van der Waals surface area contributed by atoms with Gasteiger partial charge in [-0.15, -0.1) is 0 Å². The van der Waals surface area contributed by atoms with Gasteiger partial charge in [-0.2, -0.15) is 5.26 Å². The van der Waals surface area contributed by atoms with Crippen LogP contribution < -0.4 is 4.74 Å². The summed E-state index contributed by atoms with van der Waals surface area (Å²) in [5.41, 5.74) is 6.42. The Hall–Kier alpha value is -4.56. The molecule has 0 saturated carbocycles. The van der Waals surface area contributed by atoms with E-state index in [9.17, 15) is 15.2 Å². The van der Waals surface area contributed by atoms with E-state index in [0.29, 0.717) is 13.0 Å². The quantitative estimate of drug-likeness (QED) is 0.317. The number of nitrogens with zero attached hydrogens (tertiary/aromatic N) is 2. The van der Waals surface area contributed by atoms with Gasteiger partial charge in [-0.3, -0.25) is 4.90 Å². The minimum absolute atomic E-state index is 0.113. The molecule has 4 aromatic carbocycles. The maximum Gasteiger partial charge on any atom is 0.408 e. The predicted molar refractivity (Wildman–Crippen MR) is 139 cm³/mol. The summed E-state index contributed by atoms with van der Waals surface area (Å²) in [6.45, 7) is 0.692. The second-order valence-electron chi connectivity index (χ2n) is 8.93. The number of carboxylic acid groups (broad SMARTS) is 1. The molecule has 1 aliphatic rings. The standard InChI is InChI=1S/C31H26N2O3/c32-19-24(18-22-14-16-25(17-15-22)36-21-23-8-2-1-3-9-23)33(31(34)35)20-30-28-12-6-4-10-26(28)27-11-5-7-13-29(27)30/h1-17,24,30H,18,20-21H2,(H,34,35)/t24-/m0/s1. The maximum atomic E-state index is 12.3. The third-order valence-corrected chi connectivity index (χ3v) is 6.71. The summed E-state index contributed by atoms with van der Waals surface area (Å²) in [5, 5.41) is 20.0. The third kappa shape index (κ3) is 4.80. The highest BCUT2D eigenvalue weighted by Crippen LogP contribution is 2.45. The summed E-state index contributed by atoms with van der Waals surface area (Å²) < 4.78 is 5.85. The van der Waals surface area contributed by atoms with Gasteiger partial charge in [0.2, 0.25) is 0 Å². The first-order chi connectivity index (χ1) is 17.6. The highest BCUT2D eigenvalue weighted by molar-refractivity contribution is 5.79. The fourth-order valence-corrected chi connectivity index (χ4v) is 4.90. The van der Waals surface area contributed by atoms with Gasteiger partial charge < -0.3 is 9.84 Å². The monoisotopic (exact) mass is 474 g/mol. The van der Waals surface area contributed by atoms with Gasteiger partial charge in [-0.05, 0) is 45.5 Å². The lowest BCUT2D eigenvalue weighted by atomic mass is 9.95. The highest BCUT2D eigenvalue weighted by atomic mass is 16.5. The molecular weight excluding hydrogens is 448 g/mol.